The number of carbonyl (C=O) groups is 1. The van der Waals surface area contributed by atoms with Gasteiger partial charge in [-0.15, -0.1) is 0 Å². The molecule has 2 aromatic carbocycles. The highest BCUT2D eigenvalue weighted by atomic mass is 35.5. The zero-order valence-electron chi connectivity index (χ0n) is 10.6. The Kier molecular flexibility index (Phi) is 4.58. The van der Waals surface area contributed by atoms with Crippen molar-refractivity contribution in [2.75, 3.05) is 11.9 Å². The Hall–Kier alpha value is -2.07. The molecule has 2 N–H and O–H groups in total. The molecular formula is C15H13ClFNO2. The summed E-state index contributed by atoms with van der Waals surface area (Å²) in [6.07, 6.45) is 0.720. The van der Waals surface area contributed by atoms with Gasteiger partial charge in [0, 0.05) is 11.6 Å². The third-order valence-electron chi connectivity index (χ3n) is 2.86. The molecule has 0 amide bonds. The average molecular weight is 294 g/mol. The van der Waals surface area contributed by atoms with Crippen LogP contribution >= 0.6 is 11.6 Å². The van der Waals surface area contributed by atoms with E-state index in [1.54, 1.807) is 12.1 Å². The number of carboxylic acid groups (broad SMARTS) is 1. The van der Waals surface area contributed by atoms with Gasteiger partial charge in [-0.3, -0.25) is 0 Å². The lowest BCUT2D eigenvalue weighted by atomic mass is 10.1. The van der Waals surface area contributed by atoms with E-state index >= 15 is 0 Å². The van der Waals surface area contributed by atoms with Crippen molar-refractivity contribution in [2.45, 2.75) is 6.42 Å². The van der Waals surface area contributed by atoms with Gasteiger partial charge in [-0.25, -0.2) is 9.18 Å². The lowest BCUT2D eigenvalue weighted by molar-refractivity contribution is 0.0696. The van der Waals surface area contributed by atoms with Gasteiger partial charge in [-0.1, -0.05) is 23.7 Å². The number of carboxylic acids is 1. The highest BCUT2D eigenvalue weighted by molar-refractivity contribution is 6.30. The third kappa shape index (κ3) is 3.71. The average Bonchev–Trinajstić information content (AvgIpc) is 2.42. The second-order valence-electron chi connectivity index (χ2n) is 4.30. The summed E-state index contributed by atoms with van der Waals surface area (Å²) in [5, 5.41) is 12.4. The Labute approximate surface area is 121 Å². The standard InChI is InChI=1S/C15H13ClFNO2/c16-12-4-1-10(2-5-12)7-8-18-14-6-3-11(15(19)20)9-13(14)17/h1-6,9,18H,7-8H2,(H,19,20). The van der Waals surface area contributed by atoms with E-state index in [9.17, 15) is 9.18 Å². The van der Waals surface area contributed by atoms with Crippen molar-refractivity contribution in [1.29, 1.82) is 0 Å². The summed E-state index contributed by atoms with van der Waals surface area (Å²) < 4.78 is 13.6. The molecule has 20 heavy (non-hydrogen) atoms. The summed E-state index contributed by atoms with van der Waals surface area (Å²) in [7, 11) is 0. The van der Waals surface area contributed by atoms with Gasteiger partial charge in [0.1, 0.15) is 5.82 Å². The number of aromatic carboxylic acids is 1. The Bertz CT molecular complexity index is 614. The van der Waals surface area contributed by atoms with Crippen LogP contribution in [0.1, 0.15) is 15.9 Å². The zero-order valence-corrected chi connectivity index (χ0v) is 11.3. The second-order valence-corrected chi connectivity index (χ2v) is 4.74. The molecule has 104 valence electrons. The maximum absolute atomic E-state index is 13.6. The fourth-order valence-corrected chi connectivity index (χ4v) is 1.91. The maximum Gasteiger partial charge on any atom is 0.335 e. The summed E-state index contributed by atoms with van der Waals surface area (Å²) in [6, 6.07) is 11.2. The van der Waals surface area contributed by atoms with E-state index in [1.807, 2.05) is 12.1 Å². The van der Waals surface area contributed by atoms with Crippen LogP contribution in [-0.4, -0.2) is 17.6 Å². The molecule has 0 saturated carbocycles. The molecule has 0 aliphatic rings. The van der Waals surface area contributed by atoms with E-state index < -0.39 is 11.8 Å². The predicted octanol–water partition coefficient (Wildman–Crippen LogP) is 3.83. The van der Waals surface area contributed by atoms with Crippen molar-refractivity contribution in [3.63, 3.8) is 0 Å². The highest BCUT2D eigenvalue weighted by Gasteiger charge is 2.07. The molecule has 0 atom stereocenters. The monoisotopic (exact) mass is 293 g/mol. The van der Waals surface area contributed by atoms with Gasteiger partial charge in [0.15, 0.2) is 0 Å². The van der Waals surface area contributed by atoms with Crippen LogP contribution in [0.25, 0.3) is 0 Å². The van der Waals surface area contributed by atoms with Crippen molar-refractivity contribution < 1.29 is 14.3 Å². The molecule has 0 saturated heterocycles. The van der Waals surface area contributed by atoms with Crippen LogP contribution < -0.4 is 5.32 Å². The molecule has 0 unspecified atom stereocenters. The summed E-state index contributed by atoms with van der Waals surface area (Å²) in [4.78, 5) is 10.7. The van der Waals surface area contributed by atoms with Gasteiger partial charge in [0.25, 0.3) is 0 Å². The number of halogens is 2. The van der Waals surface area contributed by atoms with Crippen LogP contribution in [0.3, 0.4) is 0 Å². The third-order valence-corrected chi connectivity index (χ3v) is 3.11. The highest BCUT2D eigenvalue weighted by Crippen LogP contribution is 2.16. The van der Waals surface area contributed by atoms with E-state index in [0.29, 0.717) is 17.3 Å². The smallest absolute Gasteiger partial charge is 0.335 e. The SMILES string of the molecule is O=C(O)c1ccc(NCCc2ccc(Cl)cc2)c(F)c1. The van der Waals surface area contributed by atoms with Gasteiger partial charge in [-0.2, -0.15) is 0 Å². The first kappa shape index (κ1) is 14.3. The second kappa shape index (κ2) is 6.39. The Morgan fingerprint density at radius 1 is 1.20 bits per heavy atom. The van der Waals surface area contributed by atoms with Gasteiger partial charge in [-0.05, 0) is 42.3 Å². The molecule has 3 nitrogen and oxygen atoms in total. The minimum absolute atomic E-state index is 0.0641. The molecular weight excluding hydrogens is 281 g/mol. The quantitative estimate of drug-likeness (QED) is 0.881. The van der Waals surface area contributed by atoms with Crippen molar-refractivity contribution >= 4 is 23.3 Å². The van der Waals surface area contributed by atoms with Gasteiger partial charge < -0.3 is 10.4 Å². The van der Waals surface area contributed by atoms with Crippen LogP contribution in [0.15, 0.2) is 42.5 Å². The van der Waals surface area contributed by atoms with E-state index in [2.05, 4.69) is 5.32 Å². The lowest BCUT2D eigenvalue weighted by Gasteiger charge is -2.08. The van der Waals surface area contributed by atoms with Crippen LogP contribution in [0.4, 0.5) is 10.1 Å². The largest absolute Gasteiger partial charge is 0.478 e. The van der Waals surface area contributed by atoms with Crippen molar-refractivity contribution in [1.82, 2.24) is 0 Å². The predicted molar refractivity (Wildman–Crippen MR) is 77.0 cm³/mol. The van der Waals surface area contributed by atoms with Crippen molar-refractivity contribution in [2.24, 2.45) is 0 Å². The lowest BCUT2D eigenvalue weighted by Crippen LogP contribution is -2.07. The van der Waals surface area contributed by atoms with E-state index in [0.717, 1.165) is 18.1 Å². The number of nitrogens with one attached hydrogen (secondary N) is 1. The fourth-order valence-electron chi connectivity index (χ4n) is 1.78. The molecule has 0 heterocycles. The summed E-state index contributed by atoms with van der Waals surface area (Å²) >= 11 is 5.79. The van der Waals surface area contributed by atoms with Crippen molar-refractivity contribution in [3.05, 3.63) is 64.4 Å². The molecule has 0 aliphatic carbocycles. The van der Waals surface area contributed by atoms with E-state index in [4.69, 9.17) is 16.7 Å². The summed E-state index contributed by atoms with van der Waals surface area (Å²) in [5.41, 5.74) is 1.32. The van der Waals surface area contributed by atoms with Crippen LogP contribution in [0.5, 0.6) is 0 Å². The topological polar surface area (TPSA) is 49.3 Å². The first-order valence-corrected chi connectivity index (χ1v) is 6.45. The molecule has 0 bridgehead atoms. The van der Waals surface area contributed by atoms with Crippen molar-refractivity contribution in [3.8, 4) is 0 Å². The normalized spacial score (nSPS) is 10.3. The summed E-state index contributed by atoms with van der Waals surface area (Å²) in [5.74, 6) is -1.71. The van der Waals surface area contributed by atoms with Gasteiger partial charge in [0.05, 0.1) is 11.3 Å². The molecule has 0 radical (unpaired) electrons. The van der Waals surface area contributed by atoms with Crippen LogP contribution in [-0.2, 0) is 6.42 Å². The maximum atomic E-state index is 13.6. The minimum Gasteiger partial charge on any atom is -0.478 e. The van der Waals surface area contributed by atoms with Gasteiger partial charge in [0.2, 0.25) is 0 Å². The molecule has 0 aromatic heterocycles. The number of hydrogen-bond acceptors (Lipinski definition) is 2. The number of anilines is 1. The molecule has 0 fully saturated rings. The minimum atomic E-state index is -1.14. The van der Waals surface area contributed by atoms with Crippen LogP contribution in [0.2, 0.25) is 5.02 Å². The molecule has 0 spiro atoms. The molecule has 2 rings (SSSR count). The molecule has 2 aromatic rings. The Balaban J connectivity index is 1.94. The van der Waals surface area contributed by atoms with E-state index in [1.165, 1.54) is 12.1 Å². The number of hydrogen-bond donors (Lipinski definition) is 2. The number of benzene rings is 2. The van der Waals surface area contributed by atoms with Gasteiger partial charge >= 0.3 is 5.97 Å². The fraction of sp³-hybridized carbons (Fsp3) is 0.133. The molecule has 0 aliphatic heterocycles. The summed E-state index contributed by atoms with van der Waals surface area (Å²) in [6.45, 7) is 0.547. The Morgan fingerprint density at radius 3 is 2.50 bits per heavy atom. The first-order valence-electron chi connectivity index (χ1n) is 6.07. The Morgan fingerprint density at radius 2 is 1.90 bits per heavy atom. The first-order chi connectivity index (χ1) is 9.56. The zero-order chi connectivity index (χ0) is 14.5. The molecule has 5 heteroatoms. The number of rotatable bonds is 5. The van der Waals surface area contributed by atoms with Crippen LogP contribution in [0, 0.1) is 5.82 Å². The van der Waals surface area contributed by atoms with E-state index in [-0.39, 0.29) is 5.56 Å².